The fourth-order valence-corrected chi connectivity index (χ4v) is 4.76. The number of benzene rings is 1. The molecule has 0 aliphatic carbocycles. The van der Waals surface area contributed by atoms with Crippen molar-refractivity contribution in [3.05, 3.63) is 30.0 Å². The summed E-state index contributed by atoms with van der Waals surface area (Å²) >= 11 is 0. The number of fused-ring (bicyclic) bond motifs is 1. The first-order valence-corrected chi connectivity index (χ1v) is 10.2. The van der Waals surface area contributed by atoms with Crippen molar-refractivity contribution in [1.82, 2.24) is 9.97 Å². The Morgan fingerprint density at radius 2 is 1.79 bits per heavy atom. The van der Waals surface area contributed by atoms with Crippen molar-refractivity contribution in [2.24, 2.45) is 5.41 Å². The Bertz CT molecular complexity index is 830. The first-order chi connectivity index (χ1) is 11.4. The molecule has 0 bridgehead atoms. The third-order valence-electron chi connectivity index (χ3n) is 4.50. The van der Waals surface area contributed by atoms with Crippen molar-refractivity contribution in [1.29, 1.82) is 0 Å². The van der Waals surface area contributed by atoms with Gasteiger partial charge in [-0.05, 0) is 31.9 Å². The topological polar surface area (TPSA) is 81.2 Å². The van der Waals surface area contributed by atoms with Crippen LogP contribution in [0.4, 0.5) is 5.82 Å². The highest BCUT2D eigenvalue weighted by atomic mass is 32.2. The smallest absolute Gasteiger partial charge is 0.148 e. The summed E-state index contributed by atoms with van der Waals surface area (Å²) in [6.45, 7) is 3.66. The second kappa shape index (κ2) is 6.64. The first-order valence-electron chi connectivity index (χ1n) is 8.10. The summed E-state index contributed by atoms with van der Waals surface area (Å²) in [4.78, 5) is 9.20. The minimum Gasteiger partial charge on any atom is -0.381 e. The Morgan fingerprint density at radius 1 is 1.17 bits per heavy atom. The summed E-state index contributed by atoms with van der Waals surface area (Å²) in [5.74, 6) is 0.879. The van der Waals surface area contributed by atoms with Crippen LogP contribution < -0.4 is 5.32 Å². The molecule has 0 amide bonds. The maximum atomic E-state index is 11.9. The molecule has 24 heavy (non-hydrogen) atoms. The molecule has 1 aliphatic rings. The van der Waals surface area contributed by atoms with E-state index >= 15 is 0 Å². The highest BCUT2D eigenvalue weighted by Crippen LogP contribution is 2.32. The minimum atomic E-state index is -3.06. The van der Waals surface area contributed by atoms with Gasteiger partial charge in [0.2, 0.25) is 0 Å². The van der Waals surface area contributed by atoms with Gasteiger partial charge >= 0.3 is 0 Å². The van der Waals surface area contributed by atoms with Gasteiger partial charge in [-0.2, -0.15) is 0 Å². The molecular formula is C17H23N3O3S. The summed E-state index contributed by atoms with van der Waals surface area (Å²) in [7, 11) is -3.06. The highest BCUT2D eigenvalue weighted by Gasteiger charge is 2.36. The van der Waals surface area contributed by atoms with Gasteiger partial charge in [-0.25, -0.2) is 18.4 Å². The van der Waals surface area contributed by atoms with Crippen molar-refractivity contribution in [2.75, 3.05) is 37.1 Å². The lowest BCUT2D eigenvalue weighted by atomic mass is 9.82. The Hall–Kier alpha value is -1.73. The SMILES string of the molecule is Cc1nc2ccccc2nc1NCC1(CS(C)(=O)=O)CCOCC1. The van der Waals surface area contributed by atoms with Gasteiger partial charge in [-0.1, -0.05) is 12.1 Å². The van der Waals surface area contributed by atoms with Gasteiger partial charge in [0.1, 0.15) is 15.7 Å². The van der Waals surface area contributed by atoms with Gasteiger partial charge in [0, 0.05) is 31.4 Å². The van der Waals surface area contributed by atoms with E-state index in [1.807, 2.05) is 31.2 Å². The quantitative estimate of drug-likeness (QED) is 0.891. The number of ether oxygens (including phenoxy) is 1. The van der Waals surface area contributed by atoms with Crippen LogP contribution in [0.25, 0.3) is 11.0 Å². The molecule has 1 aromatic heterocycles. The average molecular weight is 349 g/mol. The summed E-state index contributed by atoms with van der Waals surface area (Å²) in [6.07, 6.45) is 2.76. The van der Waals surface area contributed by atoms with Crippen molar-refractivity contribution in [2.45, 2.75) is 19.8 Å². The van der Waals surface area contributed by atoms with Gasteiger partial charge in [-0.3, -0.25) is 0 Å². The molecule has 0 saturated carbocycles. The van der Waals surface area contributed by atoms with Gasteiger partial charge < -0.3 is 10.1 Å². The average Bonchev–Trinajstić information content (AvgIpc) is 2.52. The highest BCUT2D eigenvalue weighted by molar-refractivity contribution is 7.90. The zero-order valence-electron chi connectivity index (χ0n) is 14.1. The molecule has 1 aromatic carbocycles. The van der Waals surface area contributed by atoms with E-state index in [-0.39, 0.29) is 11.2 Å². The monoisotopic (exact) mass is 349 g/mol. The largest absolute Gasteiger partial charge is 0.381 e. The summed E-state index contributed by atoms with van der Waals surface area (Å²) in [5, 5.41) is 3.34. The number of hydrogen-bond donors (Lipinski definition) is 1. The van der Waals surface area contributed by atoms with E-state index in [0.717, 1.165) is 29.6 Å². The molecular weight excluding hydrogens is 326 g/mol. The third kappa shape index (κ3) is 4.02. The van der Waals surface area contributed by atoms with Crippen molar-refractivity contribution < 1.29 is 13.2 Å². The molecule has 1 fully saturated rings. The van der Waals surface area contributed by atoms with E-state index in [0.29, 0.717) is 25.6 Å². The number of hydrogen-bond acceptors (Lipinski definition) is 6. The second-order valence-electron chi connectivity index (χ2n) is 6.68. The zero-order valence-corrected chi connectivity index (χ0v) is 14.9. The normalized spacial score (nSPS) is 17.8. The van der Waals surface area contributed by atoms with E-state index in [1.54, 1.807) is 0 Å². The fraction of sp³-hybridized carbons (Fsp3) is 0.529. The van der Waals surface area contributed by atoms with Crippen LogP contribution in [0.3, 0.4) is 0 Å². The third-order valence-corrected chi connectivity index (χ3v) is 5.63. The fourth-order valence-electron chi connectivity index (χ4n) is 3.26. The summed E-state index contributed by atoms with van der Waals surface area (Å²) < 4.78 is 29.1. The second-order valence-corrected chi connectivity index (χ2v) is 8.82. The predicted molar refractivity (Wildman–Crippen MR) is 95.0 cm³/mol. The Labute approximate surface area is 142 Å². The Balaban J connectivity index is 1.83. The van der Waals surface area contributed by atoms with Gasteiger partial charge in [-0.15, -0.1) is 0 Å². The standard InChI is InChI=1S/C17H23N3O3S/c1-13-16(20-15-6-4-3-5-14(15)19-13)18-11-17(12-24(2,21)22)7-9-23-10-8-17/h3-6H,7-12H2,1-2H3,(H,18,20). The van der Waals surface area contributed by atoms with Gasteiger partial charge in [0.15, 0.2) is 0 Å². The molecule has 0 spiro atoms. The number of anilines is 1. The lowest BCUT2D eigenvalue weighted by molar-refractivity contribution is 0.0315. The van der Waals surface area contributed by atoms with Crippen molar-refractivity contribution in [3.63, 3.8) is 0 Å². The minimum absolute atomic E-state index is 0.163. The van der Waals surface area contributed by atoms with E-state index in [9.17, 15) is 8.42 Å². The lowest BCUT2D eigenvalue weighted by Crippen LogP contribution is -2.41. The molecule has 2 heterocycles. The van der Waals surface area contributed by atoms with Gasteiger partial charge in [0.25, 0.3) is 0 Å². The van der Waals surface area contributed by atoms with E-state index in [4.69, 9.17) is 4.74 Å². The van der Waals surface area contributed by atoms with Crippen LogP contribution in [0.15, 0.2) is 24.3 Å². The molecule has 0 unspecified atom stereocenters. The van der Waals surface area contributed by atoms with E-state index < -0.39 is 9.84 Å². The van der Waals surface area contributed by atoms with Crippen LogP contribution in [0.5, 0.6) is 0 Å². The van der Waals surface area contributed by atoms with Crippen LogP contribution in [0.1, 0.15) is 18.5 Å². The number of aromatic nitrogens is 2. The molecule has 0 atom stereocenters. The molecule has 2 aromatic rings. The molecule has 0 radical (unpaired) electrons. The maximum absolute atomic E-state index is 11.9. The van der Waals surface area contributed by atoms with Gasteiger partial charge in [0.05, 0.1) is 22.5 Å². The zero-order chi connectivity index (χ0) is 17.2. The number of aryl methyl sites for hydroxylation is 1. The predicted octanol–water partition coefficient (Wildman–Crippen LogP) is 2.19. The van der Waals surface area contributed by atoms with Crippen molar-refractivity contribution in [3.8, 4) is 0 Å². The molecule has 7 heteroatoms. The summed E-state index contributed by atoms with van der Waals surface area (Å²) in [5.41, 5.74) is 2.19. The number of para-hydroxylation sites is 2. The number of rotatable bonds is 5. The van der Waals surface area contributed by atoms with E-state index in [2.05, 4.69) is 15.3 Å². The molecule has 3 rings (SSSR count). The van der Waals surface area contributed by atoms with Crippen molar-refractivity contribution >= 4 is 26.7 Å². The molecule has 6 nitrogen and oxygen atoms in total. The number of nitrogens with one attached hydrogen (secondary N) is 1. The summed E-state index contributed by atoms with van der Waals surface area (Å²) in [6, 6.07) is 7.73. The van der Waals surface area contributed by atoms with Crippen LogP contribution >= 0.6 is 0 Å². The van der Waals surface area contributed by atoms with E-state index in [1.165, 1.54) is 6.26 Å². The molecule has 1 saturated heterocycles. The Kier molecular flexibility index (Phi) is 4.73. The van der Waals surface area contributed by atoms with Crippen LogP contribution in [0, 0.1) is 12.3 Å². The van der Waals surface area contributed by atoms with Crippen LogP contribution in [0.2, 0.25) is 0 Å². The number of nitrogens with zero attached hydrogens (tertiary/aromatic N) is 2. The molecule has 1 aliphatic heterocycles. The molecule has 130 valence electrons. The Morgan fingerprint density at radius 3 is 2.42 bits per heavy atom. The lowest BCUT2D eigenvalue weighted by Gasteiger charge is -2.36. The maximum Gasteiger partial charge on any atom is 0.148 e. The van der Waals surface area contributed by atoms with Crippen LogP contribution in [-0.4, -0.2) is 50.2 Å². The molecule has 1 N–H and O–H groups in total. The first kappa shape index (κ1) is 17.1. The number of sulfone groups is 1. The van der Waals surface area contributed by atoms with Crippen LogP contribution in [-0.2, 0) is 14.6 Å².